The lowest BCUT2D eigenvalue weighted by molar-refractivity contribution is 0.102. The van der Waals surface area contributed by atoms with Gasteiger partial charge in [0, 0.05) is 22.4 Å². The van der Waals surface area contributed by atoms with Crippen LogP contribution >= 0.6 is 11.3 Å². The quantitative estimate of drug-likeness (QED) is 0.440. The summed E-state index contributed by atoms with van der Waals surface area (Å²) in [5.74, 6) is 0.517. The number of benzene rings is 3. The van der Waals surface area contributed by atoms with Crippen LogP contribution < -0.4 is 10.1 Å². The molecule has 1 aromatic heterocycles. The lowest BCUT2D eigenvalue weighted by atomic mass is 10.1. The minimum Gasteiger partial charge on any atom is -0.497 e. The summed E-state index contributed by atoms with van der Waals surface area (Å²) in [7, 11) is 1.63. The number of rotatable bonds is 6. The number of hydrogen-bond acceptors (Lipinski definition) is 5. The maximum Gasteiger partial charge on any atom is 0.257 e. The second-order valence-electron chi connectivity index (χ2n) is 6.82. The molecule has 0 aliphatic heterocycles. The Morgan fingerprint density at radius 3 is 2.39 bits per heavy atom. The molecule has 0 unspecified atom stereocenters. The predicted molar refractivity (Wildman–Crippen MR) is 122 cm³/mol. The Morgan fingerprint density at radius 1 is 1.03 bits per heavy atom. The highest BCUT2D eigenvalue weighted by atomic mass is 32.1. The van der Waals surface area contributed by atoms with Gasteiger partial charge in [-0.3, -0.25) is 10.1 Å². The van der Waals surface area contributed by atoms with Crippen LogP contribution in [0.25, 0.3) is 11.3 Å². The first-order valence-electron chi connectivity index (χ1n) is 9.66. The highest BCUT2D eigenvalue weighted by Crippen LogP contribution is 2.34. The fourth-order valence-electron chi connectivity index (χ4n) is 3.15. The lowest BCUT2D eigenvalue weighted by Crippen LogP contribution is -2.11. The second kappa shape index (κ2) is 9.24. The molecule has 0 spiro atoms. The van der Waals surface area contributed by atoms with Gasteiger partial charge in [-0.25, -0.2) is 4.98 Å². The Hall–Kier alpha value is -3.95. The number of thiazole rings is 1. The summed E-state index contributed by atoms with van der Waals surface area (Å²) in [6.45, 7) is 0. The molecular formula is C25H19N3O2S. The smallest absolute Gasteiger partial charge is 0.257 e. The van der Waals surface area contributed by atoms with Crippen LogP contribution in [0.2, 0.25) is 0 Å². The Balaban J connectivity index is 1.64. The molecule has 5 nitrogen and oxygen atoms in total. The average molecular weight is 426 g/mol. The summed E-state index contributed by atoms with van der Waals surface area (Å²) < 4.78 is 5.26. The summed E-state index contributed by atoms with van der Waals surface area (Å²) in [6.07, 6.45) is 0.715. The predicted octanol–water partition coefficient (Wildman–Crippen LogP) is 5.53. The Morgan fingerprint density at radius 2 is 1.74 bits per heavy atom. The van der Waals surface area contributed by atoms with Crippen molar-refractivity contribution >= 4 is 22.4 Å². The number of methoxy groups -OCH3 is 1. The highest BCUT2D eigenvalue weighted by molar-refractivity contribution is 7.16. The topological polar surface area (TPSA) is 75.0 Å². The van der Waals surface area contributed by atoms with Crippen molar-refractivity contribution in [1.82, 2.24) is 4.98 Å². The van der Waals surface area contributed by atoms with Crippen molar-refractivity contribution in [3.8, 4) is 23.1 Å². The minimum absolute atomic E-state index is 0.259. The van der Waals surface area contributed by atoms with Crippen molar-refractivity contribution in [3.05, 3.63) is 100 Å². The fourth-order valence-corrected chi connectivity index (χ4v) is 4.16. The van der Waals surface area contributed by atoms with E-state index in [9.17, 15) is 4.79 Å². The van der Waals surface area contributed by atoms with Crippen LogP contribution in [0.4, 0.5) is 5.13 Å². The summed E-state index contributed by atoms with van der Waals surface area (Å²) in [4.78, 5) is 18.5. The second-order valence-corrected chi connectivity index (χ2v) is 7.91. The van der Waals surface area contributed by atoms with Gasteiger partial charge in [0.1, 0.15) is 5.75 Å². The molecule has 0 radical (unpaired) electrons. The number of ether oxygens (including phenoxy) is 1. The number of carbonyl (C=O) groups is 1. The lowest BCUT2D eigenvalue weighted by Gasteiger charge is -2.04. The van der Waals surface area contributed by atoms with Crippen molar-refractivity contribution in [3.63, 3.8) is 0 Å². The molecular weight excluding hydrogens is 406 g/mol. The van der Waals surface area contributed by atoms with Crippen LogP contribution in [0.5, 0.6) is 5.75 Å². The Kier molecular flexibility index (Phi) is 6.06. The molecule has 31 heavy (non-hydrogen) atoms. The van der Waals surface area contributed by atoms with Crippen molar-refractivity contribution < 1.29 is 9.53 Å². The zero-order valence-electron chi connectivity index (χ0n) is 16.8. The highest BCUT2D eigenvalue weighted by Gasteiger charge is 2.16. The molecule has 0 atom stereocenters. The molecule has 0 aliphatic carbocycles. The first-order chi connectivity index (χ1) is 15.2. The summed E-state index contributed by atoms with van der Waals surface area (Å²) in [6, 6.07) is 26.5. The number of hydrogen-bond donors (Lipinski definition) is 1. The van der Waals surface area contributed by atoms with Crippen LogP contribution in [0.3, 0.4) is 0 Å². The summed E-state index contributed by atoms with van der Waals surface area (Å²) in [5, 5.41) is 12.4. The van der Waals surface area contributed by atoms with E-state index >= 15 is 0 Å². The maximum absolute atomic E-state index is 12.7. The molecule has 3 aromatic carbocycles. The van der Waals surface area contributed by atoms with Crippen molar-refractivity contribution in [2.45, 2.75) is 6.42 Å². The number of carbonyl (C=O) groups excluding carboxylic acids is 1. The van der Waals surface area contributed by atoms with E-state index in [2.05, 4.69) is 23.5 Å². The number of nitriles is 1. The SMILES string of the molecule is COc1ccc(-c2nc(NC(=O)c3ccc(C#N)cc3)sc2Cc2ccccc2)cc1. The van der Waals surface area contributed by atoms with Gasteiger partial charge in [-0.2, -0.15) is 5.26 Å². The zero-order valence-corrected chi connectivity index (χ0v) is 17.6. The molecule has 0 bridgehead atoms. The number of nitrogens with one attached hydrogen (secondary N) is 1. The van der Waals surface area contributed by atoms with Crippen LogP contribution in [0.15, 0.2) is 78.9 Å². The third kappa shape index (κ3) is 4.80. The van der Waals surface area contributed by atoms with E-state index in [1.54, 1.807) is 31.4 Å². The summed E-state index contributed by atoms with van der Waals surface area (Å²) in [5.41, 5.74) is 3.96. The zero-order chi connectivity index (χ0) is 21.6. The van der Waals surface area contributed by atoms with Gasteiger partial charge in [-0.1, -0.05) is 30.3 Å². The molecule has 0 saturated heterocycles. The van der Waals surface area contributed by atoms with E-state index in [0.717, 1.165) is 21.9 Å². The fraction of sp³-hybridized carbons (Fsp3) is 0.0800. The van der Waals surface area contributed by atoms with E-state index in [4.69, 9.17) is 15.0 Å². The van der Waals surface area contributed by atoms with E-state index in [0.29, 0.717) is 22.7 Å². The number of nitrogens with zero attached hydrogens (tertiary/aromatic N) is 2. The third-order valence-electron chi connectivity index (χ3n) is 4.76. The van der Waals surface area contributed by atoms with E-state index in [1.807, 2.05) is 42.5 Å². The maximum atomic E-state index is 12.7. The molecule has 0 fully saturated rings. The van der Waals surface area contributed by atoms with Gasteiger partial charge < -0.3 is 4.74 Å². The standard InChI is InChI=1S/C25H19N3O2S/c1-30-21-13-11-19(12-14-21)23-22(15-17-5-3-2-4-6-17)31-25(27-23)28-24(29)20-9-7-18(16-26)8-10-20/h2-14H,15H2,1H3,(H,27,28,29). The first-order valence-corrected chi connectivity index (χ1v) is 10.5. The largest absolute Gasteiger partial charge is 0.497 e. The van der Waals surface area contributed by atoms with E-state index < -0.39 is 0 Å². The van der Waals surface area contributed by atoms with Crippen molar-refractivity contribution in [1.29, 1.82) is 5.26 Å². The van der Waals surface area contributed by atoms with Gasteiger partial charge in [0.25, 0.3) is 5.91 Å². The monoisotopic (exact) mass is 425 g/mol. The molecule has 4 aromatic rings. The molecule has 1 heterocycles. The Labute approximate surface area is 184 Å². The average Bonchev–Trinajstić information content (AvgIpc) is 3.21. The van der Waals surface area contributed by atoms with E-state index in [1.165, 1.54) is 16.9 Å². The first kappa shape index (κ1) is 20.3. The Bertz CT molecular complexity index is 1220. The van der Waals surface area contributed by atoms with Crippen LogP contribution in [-0.2, 0) is 6.42 Å². The molecule has 4 rings (SSSR count). The van der Waals surface area contributed by atoms with Crippen molar-refractivity contribution in [2.24, 2.45) is 0 Å². The van der Waals surface area contributed by atoms with Crippen LogP contribution in [-0.4, -0.2) is 18.0 Å². The molecule has 6 heteroatoms. The molecule has 1 amide bonds. The van der Waals surface area contributed by atoms with Gasteiger partial charge in [0.15, 0.2) is 5.13 Å². The number of aromatic nitrogens is 1. The molecule has 152 valence electrons. The normalized spacial score (nSPS) is 10.3. The number of anilines is 1. The number of amides is 1. The summed E-state index contributed by atoms with van der Waals surface area (Å²) >= 11 is 1.46. The van der Waals surface area contributed by atoms with Gasteiger partial charge in [-0.05, 0) is 54.1 Å². The third-order valence-corrected chi connectivity index (χ3v) is 5.74. The van der Waals surface area contributed by atoms with Gasteiger partial charge in [0.2, 0.25) is 0 Å². The molecule has 1 N–H and O–H groups in total. The van der Waals surface area contributed by atoms with Gasteiger partial charge >= 0.3 is 0 Å². The van der Waals surface area contributed by atoms with Crippen LogP contribution in [0.1, 0.15) is 26.4 Å². The molecule has 0 aliphatic rings. The van der Waals surface area contributed by atoms with Crippen molar-refractivity contribution in [2.75, 3.05) is 12.4 Å². The van der Waals surface area contributed by atoms with Crippen LogP contribution in [0, 0.1) is 11.3 Å². The molecule has 0 saturated carbocycles. The van der Waals surface area contributed by atoms with Gasteiger partial charge in [0.05, 0.1) is 24.4 Å². The van der Waals surface area contributed by atoms with E-state index in [-0.39, 0.29) is 5.91 Å². The minimum atomic E-state index is -0.259. The van der Waals surface area contributed by atoms with Gasteiger partial charge in [-0.15, -0.1) is 11.3 Å².